The molecule has 1 aromatic heterocycles. The first kappa shape index (κ1) is 15.4. The Kier molecular flexibility index (Phi) is 4.24. The summed E-state index contributed by atoms with van der Waals surface area (Å²) >= 11 is 12.2. The van der Waals surface area contributed by atoms with Gasteiger partial charge in [0.2, 0.25) is 0 Å². The number of nitrogens with one attached hydrogen (secondary N) is 1. The van der Waals surface area contributed by atoms with Gasteiger partial charge in [-0.3, -0.25) is 0 Å². The van der Waals surface area contributed by atoms with E-state index in [2.05, 4.69) is 15.9 Å². The van der Waals surface area contributed by atoms with Gasteiger partial charge in [-0.2, -0.15) is 0 Å². The molecule has 1 heterocycles. The van der Waals surface area contributed by atoms with Crippen LogP contribution in [-0.2, 0) is 4.74 Å². The zero-order valence-electron chi connectivity index (χ0n) is 11.8. The minimum Gasteiger partial charge on any atom is -0.449 e. The molecular weight excluding hydrogens is 335 g/mol. The third-order valence-corrected chi connectivity index (χ3v) is 4.03. The second-order valence-electron chi connectivity index (χ2n) is 4.70. The fourth-order valence-corrected chi connectivity index (χ4v) is 2.53. The average molecular weight is 345 g/mol. The predicted molar refractivity (Wildman–Crippen MR) is 90.7 cm³/mol. The molecule has 3 rings (SSSR count). The van der Waals surface area contributed by atoms with Gasteiger partial charge < -0.3 is 9.72 Å². The lowest BCUT2D eigenvalue weighted by Crippen LogP contribution is -2.04. The lowest BCUT2D eigenvalue weighted by atomic mass is 10.2. The number of benzene rings is 2. The Hall–Kier alpha value is -2.48. The van der Waals surface area contributed by atoms with E-state index in [9.17, 15) is 4.79 Å². The van der Waals surface area contributed by atoms with Gasteiger partial charge in [-0.1, -0.05) is 35.2 Å². The molecule has 0 amide bonds. The van der Waals surface area contributed by atoms with Crippen molar-refractivity contribution in [3.63, 3.8) is 0 Å². The van der Waals surface area contributed by atoms with E-state index in [0.717, 1.165) is 0 Å². The number of imidazole rings is 1. The Morgan fingerprint density at radius 3 is 2.91 bits per heavy atom. The Morgan fingerprint density at radius 2 is 2.13 bits per heavy atom. The number of carbonyl (C=O) groups excluding carboxylic acids is 1. The van der Waals surface area contributed by atoms with E-state index >= 15 is 0 Å². The normalized spacial score (nSPS) is 10.5. The van der Waals surface area contributed by atoms with Crippen molar-refractivity contribution in [1.82, 2.24) is 9.97 Å². The van der Waals surface area contributed by atoms with E-state index in [0.29, 0.717) is 38.0 Å². The molecule has 0 saturated carbocycles. The van der Waals surface area contributed by atoms with E-state index in [1.165, 1.54) is 0 Å². The Morgan fingerprint density at radius 1 is 1.30 bits per heavy atom. The quantitative estimate of drug-likeness (QED) is 0.568. The highest BCUT2D eigenvalue weighted by Gasteiger charge is 2.13. The molecule has 0 saturated heterocycles. The lowest BCUT2D eigenvalue weighted by Gasteiger charge is -2.01. The largest absolute Gasteiger partial charge is 0.449 e. The van der Waals surface area contributed by atoms with Crippen molar-refractivity contribution in [2.45, 2.75) is 0 Å². The summed E-state index contributed by atoms with van der Waals surface area (Å²) in [6.45, 7) is -0.0663. The molecule has 0 radical (unpaired) electrons. The Labute approximate surface area is 142 Å². The van der Waals surface area contributed by atoms with Crippen LogP contribution in [0.3, 0.4) is 0 Å². The van der Waals surface area contributed by atoms with Crippen LogP contribution in [0.1, 0.15) is 10.4 Å². The van der Waals surface area contributed by atoms with Crippen LogP contribution in [0.15, 0.2) is 36.4 Å². The number of fused-ring (bicyclic) bond motifs is 1. The molecule has 2 aromatic carbocycles. The third kappa shape index (κ3) is 3.02. The van der Waals surface area contributed by atoms with Crippen molar-refractivity contribution in [1.29, 1.82) is 0 Å². The molecule has 0 aliphatic heterocycles. The number of hydrogen-bond acceptors (Lipinski definition) is 3. The first-order valence-electron chi connectivity index (χ1n) is 6.65. The fraction of sp³-hybridized carbons (Fsp3) is 0.0588. The summed E-state index contributed by atoms with van der Waals surface area (Å²) in [5.41, 5.74) is 2.46. The van der Waals surface area contributed by atoms with E-state index in [1.807, 2.05) is 6.07 Å². The standard InChI is InChI=1S/C17H10Cl2N2O2/c1-2-8-23-17(22)10-6-7-13-14(9-10)21-16(20-13)11-4-3-5-12(18)15(11)19/h1,3-7,9H,8H2,(H,20,21). The minimum absolute atomic E-state index is 0.0663. The maximum absolute atomic E-state index is 11.8. The van der Waals surface area contributed by atoms with Crippen LogP contribution < -0.4 is 0 Å². The first-order chi connectivity index (χ1) is 11.1. The van der Waals surface area contributed by atoms with Gasteiger partial charge in [0.25, 0.3) is 0 Å². The second kappa shape index (κ2) is 6.33. The molecule has 0 fully saturated rings. The molecule has 114 valence electrons. The number of carbonyl (C=O) groups is 1. The number of aromatic amines is 1. The van der Waals surface area contributed by atoms with Gasteiger partial charge in [0.05, 0.1) is 26.6 Å². The number of rotatable bonds is 3. The molecular formula is C17H10Cl2N2O2. The molecule has 1 N–H and O–H groups in total. The predicted octanol–water partition coefficient (Wildman–Crippen LogP) is 4.33. The summed E-state index contributed by atoms with van der Waals surface area (Å²) in [5.74, 6) is 2.34. The summed E-state index contributed by atoms with van der Waals surface area (Å²) < 4.78 is 4.90. The van der Waals surface area contributed by atoms with E-state index < -0.39 is 5.97 Å². The van der Waals surface area contributed by atoms with Crippen molar-refractivity contribution in [2.75, 3.05) is 6.61 Å². The minimum atomic E-state index is -0.484. The average Bonchev–Trinajstić information content (AvgIpc) is 2.97. The molecule has 3 aromatic rings. The van der Waals surface area contributed by atoms with Gasteiger partial charge in [0.15, 0.2) is 6.61 Å². The molecule has 23 heavy (non-hydrogen) atoms. The third-order valence-electron chi connectivity index (χ3n) is 3.21. The molecule has 6 heteroatoms. The molecule has 0 aliphatic carbocycles. The number of nitrogens with zero attached hydrogens (tertiary/aromatic N) is 1. The monoisotopic (exact) mass is 344 g/mol. The Balaban J connectivity index is 2.01. The number of aromatic nitrogens is 2. The van der Waals surface area contributed by atoms with Crippen molar-refractivity contribution in [3.05, 3.63) is 52.0 Å². The number of halogens is 2. The van der Waals surface area contributed by atoms with E-state index in [-0.39, 0.29) is 6.61 Å². The van der Waals surface area contributed by atoms with Crippen LogP contribution in [0.4, 0.5) is 0 Å². The molecule has 0 unspecified atom stereocenters. The van der Waals surface area contributed by atoms with Crippen molar-refractivity contribution in [3.8, 4) is 23.7 Å². The van der Waals surface area contributed by atoms with Gasteiger partial charge in [0, 0.05) is 5.56 Å². The van der Waals surface area contributed by atoms with Crippen LogP contribution in [-0.4, -0.2) is 22.5 Å². The highest BCUT2D eigenvalue weighted by atomic mass is 35.5. The van der Waals surface area contributed by atoms with E-state index in [1.54, 1.807) is 30.3 Å². The smallest absolute Gasteiger partial charge is 0.339 e. The van der Waals surface area contributed by atoms with E-state index in [4.69, 9.17) is 34.4 Å². The molecule has 0 bridgehead atoms. The number of terminal acetylenes is 1. The highest BCUT2D eigenvalue weighted by molar-refractivity contribution is 6.43. The first-order valence-corrected chi connectivity index (χ1v) is 7.40. The second-order valence-corrected chi connectivity index (χ2v) is 5.48. The molecule has 4 nitrogen and oxygen atoms in total. The van der Waals surface area contributed by atoms with Crippen LogP contribution in [0.2, 0.25) is 10.0 Å². The maximum atomic E-state index is 11.8. The van der Waals surface area contributed by atoms with Crippen LogP contribution in [0, 0.1) is 12.3 Å². The van der Waals surface area contributed by atoms with Crippen molar-refractivity contribution < 1.29 is 9.53 Å². The molecule has 0 spiro atoms. The van der Waals surface area contributed by atoms with Crippen LogP contribution in [0.5, 0.6) is 0 Å². The zero-order chi connectivity index (χ0) is 16.4. The number of hydrogen-bond donors (Lipinski definition) is 1. The fourth-order valence-electron chi connectivity index (χ4n) is 2.14. The molecule has 0 atom stereocenters. The summed E-state index contributed by atoms with van der Waals surface area (Å²) in [4.78, 5) is 19.4. The molecule has 0 aliphatic rings. The van der Waals surface area contributed by atoms with Gasteiger partial charge in [-0.25, -0.2) is 9.78 Å². The number of ether oxygens (including phenoxy) is 1. The number of esters is 1. The van der Waals surface area contributed by atoms with Crippen molar-refractivity contribution >= 4 is 40.2 Å². The summed E-state index contributed by atoms with van der Waals surface area (Å²) in [7, 11) is 0. The maximum Gasteiger partial charge on any atom is 0.339 e. The summed E-state index contributed by atoms with van der Waals surface area (Å²) in [6.07, 6.45) is 5.07. The summed E-state index contributed by atoms with van der Waals surface area (Å²) in [6, 6.07) is 10.3. The number of H-pyrrole nitrogens is 1. The van der Waals surface area contributed by atoms with Gasteiger partial charge in [-0.15, -0.1) is 6.42 Å². The van der Waals surface area contributed by atoms with Crippen LogP contribution >= 0.6 is 23.2 Å². The lowest BCUT2D eigenvalue weighted by molar-refractivity contribution is 0.0557. The SMILES string of the molecule is C#CCOC(=O)c1ccc2nc(-c3cccc(Cl)c3Cl)[nH]c2c1. The zero-order valence-corrected chi connectivity index (χ0v) is 13.3. The van der Waals surface area contributed by atoms with Gasteiger partial charge in [-0.05, 0) is 30.3 Å². The summed E-state index contributed by atoms with van der Waals surface area (Å²) in [5, 5.41) is 0.866. The van der Waals surface area contributed by atoms with Gasteiger partial charge >= 0.3 is 5.97 Å². The highest BCUT2D eigenvalue weighted by Crippen LogP contribution is 2.32. The van der Waals surface area contributed by atoms with Gasteiger partial charge in [0.1, 0.15) is 5.82 Å². The van der Waals surface area contributed by atoms with Crippen LogP contribution in [0.25, 0.3) is 22.4 Å². The van der Waals surface area contributed by atoms with Crippen molar-refractivity contribution in [2.24, 2.45) is 0 Å². The Bertz CT molecular complexity index is 941. The topological polar surface area (TPSA) is 55.0 Å².